The molecule has 4 nitrogen and oxygen atoms in total. The van der Waals surface area contributed by atoms with Crippen LogP contribution in [-0.4, -0.2) is 5.78 Å². The molecule has 0 radical (unpaired) electrons. The monoisotopic (exact) mass is 243 g/mol. The maximum absolute atomic E-state index is 12.1. The standard InChI is InChI=1S/C14H17N3O/c15-17-16-13-9-3-1-2-4-10-14(18)12-8-6-5-7-11(12)13/h5-8,13H,1-4,9-10H2. The fraction of sp³-hybridized carbons (Fsp3) is 0.500. The number of hydrogen-bond donors (Lipinski definition) is 0. The van der Waals surface area contributed by atoms with Gasteiger partial charge in [-0.2, -0.15) is 0 Å². The van der Waals surface area contributed by atoms with Crippen molar-refractivity contribution < 1.29 is 4.79 Å². The highest BCUT2D eigenvalue weighted by Gasteiger charge is 2.18. The van der Waals surface area contributed by atoms with Crippen molar-refractivity contribution in [2.75, 3.05) is 0 Å². The molecule has 1 atom stereocenters. The number of hydrogen-bond acceptors (Lipinski definition) is 2. The summed E-state index contributed by atoms with van der Waals surface area (Å²) in [6.45, 7) is 0. The van der Waals surface area contributed by atoms with Gasteiger partial charge < -0.3 is 0 Å². The van der Waals surface area contributed by atoms with Crippen LogP contribution < -0.4 is 0 Å². The molecule has 4 heteroatoms. The van der Waals surface area contributed by atoms with Gasteiger partial charge in [-0.05, 0) is 23.9 Å². The van der Waals surface area contributed by atoms with Gasteiger partial charge in [0.25, 0.3) is 0 Å². The zero-order valence-electron chi connectivity index (χ0n) is 10.4. The SMILES string of the molecule is [N-]=[N+]=NC1CCCCCCC(=O)c2ccccc21. The Morgan fingerprint density at radius 2 is 1.94 bits per heavy atom. The molecule has 0 aliphatic heterocycles. The second-order valence-electron chi connectivity index (χ2n) is 4.68. The number of ketones is 1. The van der Waals surface area contributed by atoms with Gasteiger partial charge in [0.2, 0.25) is 0 Å². The lowest BCUT2D eigenvalue weighted by Crippen LogP contribution is -2.08. The van der Waals surface area contributed by atoms with Crippen LogP contribution in [-0.2, 0) is 0 Å². The second kappa shape index (κ2) is 6.22. The summed E-state index contributed by atoms with van der Waals surface area (Å²) in [4.78, 5) is 15.1. The molecule has 0 fully saturated rings. The zero-order valence-corrected chi connectivity index (χ0v) is 10.4. The lowest BCUT2D eigenvalue weighted by atomic mass is 9.91. The molecule has 0 saturated carbocycles. The Morgan fingerprint density at radius 3 is 2.78 bits per heavy atom. The first kappa shape index (κ1) is 12.7. The van der Waals surface area contributed by atoms with Crippen molar-refractivity contribution in [2.45, 2.75) is 44.6 Å². The van der Waals surface area contributed by atoms with E-state index in [4.69, 9.17) is 5.53 Å². The molecule has 1 aromatic rings. The number of fused-ring (bicyclic) bond motifs is 1. The van der Waals surface area contributed by atoms with Crippen LogP contribution in [0.15, 0.2) is 29.4 Å². The summed E-state index contributed by atoms with van der Waals surface area (Å²) in [5.74, 6) is 0.172. The molecule has 2 rings (SSSR count). The molecule has 0 spiro atoms. The molecule has 0 saturated heterocycles. The van der Waals surface area contributed by atoms with E-state index < -0.39 is 0 Å². The summed E-state index contributed by atoms with van der Waals surface area (Å²) in [7, 11) is 0. The van der Waals surface area contributed by atoms with Crippen LogP contribution in [0.3, 0.4) is 0 Å². The van der Waals surface area contributed by atoms with Crippen molar-refractivity contribution in [1.29, 1.82) is 0 Å². The van der Waals surface area contributed by atoms with Crippen LogP contribution in [0.4, 0.5) is 0 Å². The summed E-state index contributed by atoms with van der Waals surface area (Å²) in [6, 6.07) is 7.33. The zero-order chi connectivity index (χ0) is 12.8. The quantitative estimate of drug-likeness (QED) is 0.404. The predicted octanol–water partition coefficient (Wildman–Crippen LogP) is 4.57. The first-order valence-corrected chi connectivity index (χ1v) is 6.49. The fourth-order valence-corrected chi connectivity index (χ4v) is 2.49. The first-order valence-electron chi connectivity index (χ1n) is 6.49. The Hall–Kier alpha value is -1.80. The van der Waals surface area contributed by atoms with Gasteiger partial charge in [-0.3, -0.25) is 4.79 Å². The van der Waals surface area contributed by atoms with Gasteiger partial charge in [0.05, 0.1) is 6.04 Å². The molecule has 1 aromatic carbocycles. The molecular formula is C14H17N3O. The van der Waals surface area contributed by atoms with Gasteiger partial charge in [-0.25, -0.2) is 0 Å². The van der Waals surface area contributed by atoms with E-state index in [0.717, 1.165) is 43.2 Å². The number of rotatable bonds is 1. The lowest BCUT2D eigenvalue weighted by molar-refractivity contribution is 0.0977. The van der Waals surface area contributed by atoms with Crippen molar-refractivity contribution in [3.8, 4) is 0 Å². The maximum Gasteiger partial charge on any atom is 0.163 e. The highest BCUT2D eigenvalue weighted by molar-refractivity contribution is 5.97. The summed E-state index contributed by atoms with van der Waals surface area (Å²) >= 11 is 0. The fourth-order valence-electron chi connectivity index (χ4n) is 2.49. The molecule has 0 aromatic heterocycles. The van der Waals surface area contributed by atoms with Crippen molar-refractivity contribution in [2.24, 2.45) is 5.11 Å². The van der Waals surface area contributed by atoms with E-state index in [1.165, 1.54) is 0 Å². The topological polar surface area (TPSA) is 65.8 Å². The van der Waals surface area contributed by atoms with Crippen LogP contribution in [0.2, 0.25) is 0 Å². The van der Waals surface area contributed by atoms with Gasteiger partial charge in [0.1, 0.15) is 0 Å². The van der Waals surface area contributed by atoms with E-state index in [1.807, 2.05) is 24.3 Å². The molecule has 1 unspecified atom stereocenters. The number of carbonyl (C=O) groups excluding carboxylic acids is 1. The average molecular weight is 243 g/mol. The molecule has 0 amide bonds. The third-order valence-corrected chi connectivity index (χ3v) is 3.44. The number of nitrogens with zero attached hydrogens (tertiary/aromatic N) is 3. The third-order valence-electron chi connectivity index (χ3n) is 3.44. The Balaban J connectivity index is 2.41. The van der Waals surface area contributed by atoms with Crippen molar-refractivity contribution >= 4 is 5.78 Å². The summed E-state index contributed by atoms with van der Waals surface area (Å²) in [5, 5.41) is 3.86. The van der Waals surface area contributed by atoms with Gasteiger partial charge in [0, 0.05) is 16.9 Å². The van der Waals surface area contributed by atoms with E-state index >= 15 is 0 Å². The average Bonchev–Trinajstić information content (AvgIpc) is 2.41. The normalized spacial score (nSPS) is 20.7. The number of benzene rings is 1. The predicted molar refractivity (Wildman–Crippen MR) is 70.4 cm³/mol. The van der Waals surface area contributed by atoms with E-state index in [1.54, 1.807) is 0 Å². The van der Waals surface area contributed by atoms with Crippen molar-refractivity contribution in [3.05, 3.63) is 45.8 Å². The Bertz CT molecular complexity index is 478. The summed E-state index contributed by atoms with van der Waals surface area (Å²) in [5.41, 5.74) is 10.3. The van der Waals surface area contributed by atoms with E-state index in [9.17, 15) is 4.79 Å². The number of Topliss-reactive ketones (excluding diaryl/α,β-unsaturated/α-hetero) is 1. The van der Waals surface area contributed by atoms with Crippen molar-refractivity contribution in [3.63, 3.8) is 0 Å². The van der Waals surface area contributed by atoms with Crippen LogP contribution in [0, 0.1) is 0 Å². The highest BCUT2D eigenvalue weighted by atomic mass is 16.1. The first-order chi connectivity index (χ1) is 8.83. The Morgan fingerprint density at radius 1 is 1.17 bits per heavy atom. The largest absolute Gasteiger partial charge is 0.294 e. The minimum Gasteiger partial charge on any atom is -0.294 e. The number of azide groups is 1. The molecule has 0 heterocycles. The van der Waals surface area contributed by atoms with E-state index in [-0.39, 0.29) is 11.8 Å². The Labute approximate surface area is 107 Å². The molecule has 94 valence electrons. The number of carbonyl (C=O) groups is 1. The molecule has 1 aliphatic rings. The Kier molecular flexibility index (Phi) is 4.37. The van der Waals surface area contributed by atoms with Crippen LogP contribution in [0.5, 0.6) is 0 Å². The minimum absolute atomic E-state index is 0.172. The highest BCUT2D eigenvalue weighted by Crippen LogP contribution is 2.29. The molecule has 0 bridgehead atoms. The third kappa shape index (κ3) is 2.90. The lowest BCUT2D eigenvalue weighted by Gasteiger charge is -2.17. The van der Waals surface area contributed by atoms with E-state index in [2.05, 4.69) is 10.0 Å². The molecule has 1 aliphatic carbocycles. The minimum atomic E-state index is -0.201. The summed E-state index contributed by atoms with van der Waals surface area (Å²) < 4.78 is 0. The van der Waals surface area contributed by atoms with E-state index in [0.29, 0.717) is 6.42 Å². The van der Waals surface area contributed by atoms with Crippen LogP contribution in [0.1, 0.15) is 60.5 Å². The van der Waals surface area contributed by atoms with Gasteiger partial charge >= 0.3 is 0 Å². The molecule has 18 heavy (non-hydrogen) atoms. The van der Waals surface area contributed by atoms with Crippen LogP contribution in [0.25, 0.3) is 10.4 Å². The van der Waals surface area contributed by atoms with Crippen molar-refractivity contribution in [1.82, 2.24) is 0 Å². The second-order valence-corrected chi connectivity index (χ2v) is 4.68. The van der Waals surface area contributed by atoms with Crippen LogP contribution >= 0.6 is 0 Å². The van der Waals surface area contributed by atoms with Gasteiger partial charge in [-0.15, -0.1) is 0 Å². The van der Waals surface area contributed by atoms with Gasteiger partial charge in [-0.1, -0.05) is 48.6 Å². The molecule has 0 N–H and O–H groups in total. The smallest absolute Gasteiger partial charge is 0.163 e. The molecular weight excluding hydrogens is 226 g/mol. The summed E-state index contributed by atoms with van der Waals surface area (Å²) in [6.07, 6.45) is 5.61. The van der Waals surface area contributed by atoms with Gasteiger partial charge in [0.15, 0.2) is 5.78 Å². The maximum atomic E-state index is 12.1.